The molecule has 1 saturated carbocycles. The Hall–Kier alpha value is -4.54. The second kappa shape index (κ2) is 9.94. The van der Waals surface area contributed by atoms with E-state index in [1.807, 2.05) is 36.4 Å². The van der Waals surface area contributed by atoms with Gasteiger partial charge in [0, 0.05) is 29.7 Å². The molecule has 0 radical (unpaired) electrons. The molecule has 1 aromatic heterocycles. The van der Waals surface area contributed by atoms with Crippen LogP contribution in [0.5, 0.6) is 0 Å². The van der Waals surface area contributed by atoms with Crippen molar-refractivity contribution in [1.29, 1.82) is 0 Å². The van der Waals surface area contributed by atoms with Gasteiger partial charge in [0.25, 0.3) is 17.5 Å². The zero-order valence-corrected chi connectivity index (χ0v) is 18.0. The van der Waals surface area contributed by atoms with Crippen molar-refractivity contribution >= 4 is 29.3 Å². The summed E-state index contributed by atoms with van der Waals surface area (Å²) >= 11 is 0. The number of nitrogens with zero attached hydrogens (tertiary/aromatic N) is 3. The molecule has 11 nitrogen and oxygen atoms in total. The molecular formula is C23H21N5O6. The molecule has 2 amide bonds. The third-order valence-corrected chi connectivity index (χ3v) is 5.07. The largest absolute Gasteiger partial charge is 0.454 e. The Morgan fingerprint density at radius 1 is 1.09 bits per heavy atom. The lowest BCUT2D eigenvalue weighted by molar-refractivity contribution is -0.384. The number of hydrogen-bond acceptors (Lipinski definition) is 7. The number of nitro groups is 1. The highest BCUT2D eigenvalue weighted by Crippen LogP contribution is 2.40. The number of esters is 1. The fraction of sp³-hybridized carbons (Fsp3) is 0.217. The average molecular weight is 463 g/mol. The Morgan fingerprint density at radius 3 is 2.56 bits per heavy atom. The molecule has 34 heavy (non-hydrogen) atoms. The number of ether oxygens (including phenoxy) is 1. The molecular weight excluding hydrogens is 442 g/mol. The third-order valence-electron chi connectivity index (χ3n) is 5.07. The van der Waals surface area contributed by atoms with Gasteiger partial charge in [-0.15, -0.1) is 0 Å². The smallest absolute Gasteiger partial charge is 0.325 e. The number of aromatic nitrogens is 2. The molecule has 174 valence electrons. The predicted octanol–water partition coefficient (Wildman–Crippen LogP) is 2.57. The fourth-order valence-electron chi connectivity index (χ4n) is 3.22. The first-order valence-electron chi connectivity index (χ1n) is 10.5. The summed E-state index contributed by atoms with van der Waals surface area (Å²) < 4.78 is 6.56. The van der Waals surface area contributed by atoms with Gasteiger partial charge in [-0.25, -0.2) is 4.68 Å². The second-order valence-corrected chi connectivity index (χ2v) is 7.68. The first kappa shape index (κ1) is 22.6. The molecule has 2 N–H and O–H groups in total. The highest BCUT2D eigenvalue weighted by molar-refractivity contribution is 5.97. The number of rotatable bonds is 9. The van der Waals surface area contributed by atoms with E-state index < -0.39 is 35.9 Å². The van der Waals surface area contributed by atoms with Crippen molar-refractivity contribution in [2.75, 3.05) is 18.5 Å². The van der Waals surface area contributed by atoms with E-state index in [0.717, 1.165) is 30.3 Å². The van der Waals surface area contributed by atoms with Gasteiger partial charge in [-0.05, 0) is 31.0 Å². The Labute approximate surface area is 193 Å². The van der Waals surface area contributed by atoms with E-state index in [9.17, 15) is 24.5 Å². The summed E-state index contributed by atoms with van der Waals surface area (Å²) in [4.78, 5) is 46.6. The number of hydrogen-bond donors (Lipinski definition) is 2. The molecule has 0 unspecified atom stereocenters. The highest BCUT2D eigenvalue weighted by Gasteiger charge is 2.28. The van der Waals surface area contributed by atoms with E-state index in [4.69, 9.17) is 4.74 Å². The standard InChI is InChI=1S/C23H21N5O6/c29-21(14-34-22(30)13-24-23(31)16-5-4-8-18(11-16)28(32)33)25-20-12-19(15-9-10-15)26-27(20)17-6-2-1-3-7-17/h1-8,11-12,15H,9-10,13-14H2,(H,24,31)(H,25,29). The van der Waals surface area contributed by atoms with Gasteiger partial charge in [0.2, 0.25) is 0 Å². The minimum Gasteiger partial charge on any atom is -0.454 e. The molecule has 11 heteroatoms. The monoisotopic (exact) mass is 463 g/mol. The molecule has 3 aromatic rings. The van der Waals surface area contributed by atoms with Crippen LogP contribution in [0.4, 0.5) is 11.5 Å². The highest BCUT2D eigenvalue weighted by atomic mass is 16.6. The molecule has 0 saturated heterocycles. The van der Waals surface area contributed by atoms with Crippen LogP contribution < -0.4 is 10.6 Å². The molecule has 0 spiro atoms. The second-order valence-electron chi connectivity index (χ2n) is 7.68. The number of non-ortho nitro benzene ring substituents is 1. The van der Waals surface area contributed by atoms with Crippen molar-refractivity contribution in [3.05, 3.63) is 82.0 Å². The molecule has 1 aliphatic carbocycles. The van der Waals surface area contributed by atoms with Gasteiger partial charge in [0.05, 0.1) is 16.3 Å². The maximum atomic E-state index is 12.4. The summed E-state index contributed by atoms with van der Waals surface area (Å²) in [5.74, 6) is -1.22. The Kier molecular flexibility index (Phi) is 6.62. The third kappa shape index (κ3) is 5.63. The summed E-state index contributed by atoms with van der Waals surface area (Å²) in [5.41, 5.74) is 1.46. The van der Waals surface area contributed by atoms with Gasteiger partial charge in [-0.2, -0.15) is 5.10 Å². The first-order valence-corrected chi connectivity index (χ1v) is 10.5. The molecule has 0 atom stereocenters. The minimum absolute atomic E-state index is 0.0281. The topological polar surface area (TPSA) is 145 Å². The first-order chi connectivity index (χ1) is 16.4. The van der Waals surface area contributed by atoms with Crippen LogP contribution in [0.2, 0.25) is 0 Å². The normalized spacial score (nSPS) is 12.6. The van der Waals surface area contributed by atoms with E-state index in [1.54, 1.807) is 4.68 Å². The lowest BCUT2D eigenvalue weighted by Crippen LogP contribution is -2.32. The zero-order chi connectivity index (χ0) is 24.1. The molecule has 0 aliphatic heterocycles. The number of carbonyl (C=O) groups is 3. The fourth-order valence-corrected chi connectivity index (χ4v) is 3.22. The van der Waals surface area contributed by atoms with Gasteiger partial charge >= 0.3 is 5.97 Å². The zero-order valence-electron chi connectivity index (χ0n) is 18.0. The van der Waals surface area contributed by atoms with Gasteiger partial charge in [0.1, 0.15) is 12.4 Å². The van der Waals surface area contributed by atoms with Gasteiger partial charge in [-0.1, -0.05) is 24.3 Å². The maximum absolute atomic E-state index is 12.4. The summed E-state index contributed by atoms with van der Waals surface area (Å²) in [6, 6.07) is 16.2. The van der Waals surface area contributed by atoms with E-state index in [0.29, 0.717) is 11.7 Å². The number of para-hydroxylation sites is 1. The van der Waals surface area contributed by atoms with Crippen molar-refractivity contribution in [2.24, 2.45) is 0 Å². The van der Waals surface area contributed by atoms with E-state index >= 15 is 0 Å². The number of nitrogens with one attached hydrogen (secondary N) is 2. The number of amides is 2. The summed E-state index contributed by atoms with van der Waals surface area (Å²) in [6.07, 6.45) is 2.11. The Morgan fingerprint density at radius 2 is 1.85 bits per heavy atom. The number of benzene rings is 2. The number of nitro benzene ring substituents is 1. The van der Waals surface area contributed by atoms with Crippen molar-refractivity contribution in [2.45, 2.75) is 18.8 Å². The van der Waals surface area contributed by atoms with Crippen LogP contribution in [0.25, 0.3) is 5.69 Å². The van der Waals surface area contributed by atoms with Gasteiger partial charge in [-0.3, -0.25) is 24.5 Å². The lowest BCUT2D eigenvalue weighted by Gasteiger charge is -2.09. The van der Waals surface area contributed by atoms with E-state index in [2.05, 4.69) is 15.7 Å². The summed E-state index contributed by atoms with van der Waals surface area (Å²) in [5, 5.41) is 20.4. The quantitative estimate of drug-likeness (QED) is 0.282. The SMILES string of the molecule is O=C(COC(=O)CNC(=O)c1cccc([N+](=O)[O-])c1)Nc1cc(C2CC2)nn1-c1ccccc1. The number of carbonyl (C=O) groups excluding carboxylic acids is 3. The van der Waals surface area contributed by atoms with Crippen molar-refractivity contribution in [3.8, 4) is 5.69 Å². The van der Waals surface area contributed by atoms with Crippen LogP contribution >= 0.6 is 0 Å². The van der Waals surface area contributed by atoms with Crippen LogP contribution in [0, 0.1) is 10.1 Å². The van der Waals surface area contributed by atoms with Gasteiger partial charge < -0.3 is 15.4 Å². The average Bonchev–Trinajstić information content (AvgIpc) is 3.62. The molecule has 1 aliphatic rings. The molecule has 1 fully saturated rings. The maximum Gasteiger partial charge on any atom is 0.325 e. The Bertz CT molecular complexity index is 1240. The van der Waals surface area contributed by atoms with Crippen LogP contribution in [0.1, 0.15) is 34.8 Å². The Balaban J connectivity index is 1.30. The van der Waals surface area contributed by atoms with E-state index in [-0.39, 0.29) is 11.3 Å². The molecule has 0 bridgehead atoms. The molecule has 1 heterocycles. The molecule has 2 aromatic carbocycles. The van der Waals surface area contributed by atoms with Crippen LogP contribution in [-0.4, -0.2) is 45.6 Å². The van der Waals surface area contributed by atoms with E-state index in [1.165, 1.54) is 18.2 Å². The summed E-state index contributed by atoms with van der Waals surface area (Å²) in [6.45, 7) is -1.05. The van der Waals surface area contributed by atoms with Gasteiger partial charge in [0.15, 0.2) is 6.61 Å². The van der Waals surface area contributed by atoms with Crippen LogP contribution in [-0.2, 0) is 14.3 Å². The lowest BCUT2D eigenvalue weighted by atomic mass is 10.2. The molecule has 4 rings (SSSR count). The van der Waals surface area contributed by atoms with Crippen LogP contribution in [0.15, 0.2) is 60.7 Å². The summed E-state index contributed by atoms with van der Waals surface area (Å²) in [7, 11) is 0. The van der Waals surface area contributed by atoms with Crippen molar-refractivity contribution < 1.29 is 24.0 Å². The van der Waals surface area contributed by atoms with Crippen LogP contribution in [0.3, 0.4) is 0 Å². The van der Waals surface area contributed by atoms with Crippen molar-refractivity contribution in [3.63, 3.8) is 0 Å². The minimum atomic E-state index is -0.829. The predicted molar refractivity (Wildman–Crippen MR) is 121 cm³/mol. The number of anilines is 1. The van der Waals surface area contributed by atoms with Crippen molar-refractivity contribution in [1.82, 2.24) is 15.1 Å².